The molecule has 1 aliphatic rings. The maximum absolute atomic E-state index is 12.9. The van der Waals surface area contributed by atoms with Crippen molar-refractivity contribution in [2.45, 2.75) is 19.3 Å². The molecule has 6 heteroatoms. The Bertz CT molecular complexity index is 1380. The number of benzene rings is 3. The number of amides is 1. The summed E-state index contributed by atoms with van der Waals surface area (Å²) in [6.07, 6.45) is 5.57. The summed E-state index contributed by atoms with van der Waals surface area (Å²) in [6, 6.07) is 23.2. The van der Waals surface area contributed by atoms with E-state index >= 15 is 0 Å². The molecule has 5 rings (SSSR count). The molecule has 1 amide bonds. The zero-order chi connectivity index (χ0) is 23.5. The van der Waals surface area contributed by atoms with E-state index in [2.05, 4.69) is 27.9 Å². The number of hydrogen-bond donors (Lipinski definition) is 2. The molecule has 0 saturated carbocycles. The van der Waals surface area contributed by atoms with Crippen molar-refractivity contribution in [3.63, 3.8) is 0 Å². The van der Waals surface area contributed by atoms with Gasteiger partial charge in [0.25, 0.3) is 0 Å². The molecule has 1 heterocycles. The van der Waals surface area contributed by atoms with Gasteiger partial charge in [-0.1, -0.05) is 48.5 Å². The molecular weight excluding hydrogens is 537 g/mol. The molecule has 34 heavy (non-hydrogen) atoms. The summed E-state index contributed by atoms with van der Waals surface area (Å²) in [5.41, 5.74) is 6.24. The van der Waals surface area contributed by atoms with E-state index in [0.29, 0.717) is 17.9 Å². The first-order chi connectivity index (χ1) is 16.5. The van der Waals surface area contributed by atoms with Crippen molar-refractivity contribution in [3.05, 3.63) is 104 Å². The fourth-order valence-electron chi connectivity index (χ4n) is 4.06. The van der Waals surface area contributed by atoms with Crippen molar-refractivity contribution in [2.24, 2.45) is 0 Å². The normalized spacial score (nSPS) is 12.3. The zero-order valence-corrected chi connectivity index (χ0v) is 20.5. The predicted octanol–water partition coefficient (Wildman–Crippen LogP) is 5.90. The Balaban J connectivity index is 1.50. The van der Waals surface area contributed by atoms with Crippen LogP contribution >= 0.6 is 22.6 Å². The number of nitrogens with zero attached hydrogens (tertiary/aromatic N) is 2. The number of hydrogen-bond acceptors (Lipinski definition) is 4. The van der Waals surface area contributed by atoms with Crippen molar-refractivity contribution in [1.82, 2.24) is 9.97 Å². The number of phenolic OH excluding ortho intramolecular Hbond substituents is 1. The Morgan fingerprint density at radius 2 is 1.76 bits per heavy atom. The van der Waals surface area contributed by atoms with Gasteiger partial charge in [-0.15, -0.1) is 0 Å². The van der Waals surface area contributed by atoms with E-state index in [9.17, 15) is 9.90 Å². The van der Waals surface area contributed by atoms with E-state index in [-0.39, 0.29) is 18.1 Å². The minimum atomic E-state index is -0.133. The summed E-state index contributed by atoms with van der Waals surface area (Å²) in [6.45, 7) is 0. The highest BCUT2D eigenvalue weighted by atomic mass is 127. The molecule has 1 aliphatic carbocycles. The Kier molecular flexibility index (Phi) is 6.40. The molecule has 0 unspecified atom stereocenters. The first kappa shape index (κ1) is 22.3. The lowest BCUT2D eigenvalue weighted by Gasteiger charge is -2.20. The Labute approximate surface area is 211 Å². The summed E-state index contributed by atoms with van der Waals surface area (Å²) in [5, 5.41) is 12.9. The van der Waals surface area contributed by atoms with Crippen molar-refractivity contribution < 1.29 is 9.90 Å². The van der Waals surface area contributed by atoms with Gasteiger partial charge in [0, 0.05) is 9.13 Å². The number of carbonyl (C=O) groups is 1. The van der Waals surface area contributed by atoms with Gasteiger partial charge < -0.3 is 10.4 Å². The van der Waals surface area contributed by atoms with Crippen LogP contribution in [-0.2, 0) is 24.1 Å². The first-order valence-electron chi connectivity index (χ1n) is 11.1. The van der Waals surface area contributed by atoms with Crippen molar-refractivity contribution in [2.75, 3.05) is 5.32 Å². The highest BCUT2D eigenvalue weighted by Gasteiger charge is 2.22. The third-order valence-electron chi connectivity index (χ3n) is 5.74. The van der Waals surface area contributed by atoms with Crippen LogP contribution in [0.1, 0.15) is 28.1 Å². The third-order valence-corrected chi connectivity index (χ3v) is 6.46. The molecule has 168 valence electrons. The van der Waals surface area contributed by atoms with Gasteiger partial charge in [-0.25, -0.2) is 9.97 Å². The van der Waals surface area contributed by atoms with E-state index in [4.69, 9.17) is 9.97 Å². The van der Waals surface area contributed by atoms with E-state index in [1.54, 1.807) is 12.1 Å². The number of fused-ring (bicyclic) bond motifs is 3. The lowest BCUT2D eigenvalue weighted by atomic mass is 9.91. The van der Waals surface area contributed by atoms with E-state index in [1.165, 1.54) is 0 Å². The highest BCUT2D eigenvalue weighted by molar-refractivity contribution is 14.1. The molecular formula is C28H22IN3O2. The van der Waals surface area contributed by atoms with Gasteiger partial charge in [0.15, 0.2) is 5.82 Å². The van der Waals surface area contributed by atoms with Crippen LogP contribution in [0.4, 0.5) is 5.82 Å². The molecule has 0 fully saturated rings. The molecule has 4 aromatic rings. The molecule has 0 spiro atoms. The molecule has 1 aromatic heterocycles. The van der Waals surface area contributed by atoms with Crippen LogP contribution in [0.15, 0.2) is 72.8 Å². The molecule has 3 aromatic carbocycles. The molecule has 5 nitrogen and oxygen atoms in total. The number of aromatic hydroxyl groups is 1. The SMILES string of the molecule is O=C(Cc1ccc(I)cc1)Nc1nc2c(nc1C=Cc1ccccc1)-c1ccc(O)cc1CC2. The maximum atomic E-state index is 12.9. The van der Waals surface area contributed by atoms with Crippen LogP contribution in [0.3, 0.4) is 0 Å². The van der Waals surface area contributed by atoms with Crippen LogP contribution in [0.5, 0.6) is 5.75 Å². The summed E-state index contributed by atoms with van der Waals surface area (Å²) < 4.78 is 1.13. The van der Waals surface area contributed by atoms with Gasteiger partial charge in [0.2, 0.25) is 5.91 Å². The fraction of sp³-hybridized carbons (Fsp3) is 0.107. The fourth-order valence-corrected chi connectivity index (χ4v) is 4.42. The molecule has 0 aliphatic heterocycles. The van der Waals surface area contributed by atoms with Crippen LogP contribution < -0.4 is 5.32 Å². The van der Waals surface area contributed by atoms with E-state index in [1.807, 2.05) is 72.8 Å². The Morgan fingerprint density at radius 3 is 2.56 bits per heavy atom. The largest absolute Gasteiger partial charge is 0.508 e. The second-order valence-electron chi connectivity index (χ2n) is 8.19. The predicted molar refractivity (Wildman–Crippen MR) is 143 cm³/mol. The van der Waals surface area contributed by atoms with E-state index in [0.717, 1.165) is 43.6 Å². The number of halogens is 1. The van der Waals surface area contributed by atoms with Gasteiger partial charge in [-0.05, 0) is 88.5 Å². The molecule has 2 N–H and O–H groups in total. The smallest absolute Gasteiger partial charge is 0.230 e. The van der Waals surface area contributed by atoms with Gasteiger partial charge in [0.1, 0.15) is 11.4 Å². The molecule has 0 atom stereocenters. The van der Waals surface area contributed by atoms with Crippen molar-refractivity contribution >= 4 is 46.5 Å². The van der Waals surface area contributed by atoms with Crippen LogP contribution in [-0.4, -0.2) is 21.0 Å². The number of aromatic nitrogens is 2. The Morgan fingerprint density at radius 1 is 0.971 bits per heavy atom. The standard InChI is InChI=1S/C28H22IN3O2/c29-21-10-6-19(7-11-21)16-26(34)32-28-25(14-8-18-4-2-1-3-5-18)30-27-23-13-12-22(33)17-20(23)9-15-24(27)31-28/h1-8,10-14,17,33H,9,15-16H2,(H,31,32,34). The van der Waals surface area contributed by atoms with Crippen molar-refractivity contribution in [3.8, 4) is 17.0 Å². The number of nitrogens with one attached hydrogen (secondary N) is 1. The number of aryl methyl sites for hydroxylation is 2. The summed E-state index contributed by atoms with van der Waals surface area (Å²) >= 11 is 2.25. The maximum Gasteiger partial charge on any atom is 0.230 e. The molecule has 0 saturated heterocycles. The first-order valence-corrected chi connectivity index (χ1v) is 12.1. The lowest BCUT2D eigenvalue weighted by Crippen LogP contribution is -2.19. The summed E-state index contributed by atoms with van der Waals surface area (Å²) in [7, 11) is 0. The average Bonchev–Trinajstić information content (AvgIpc) is 2.84. The number of phenols is 1. The topological polar surface area (TPSA) is 75.1 Å². The second-order valence-corrected chi connectivity index (χ2v) is 9.44. The summed E-state index contributed by atoms with van der Waals surface area (Å²) in [5.74, 6) is 0.577. The molecule has 0 radical (unpaired) electrons. The van der Waals surface area contributed by atoms with Gasteiger partial charge in [0.05, 0.1) is 17.8 Å². The zero-order valence-electron chi connectivity index (χ0n) is 18.3. The monoisotopic (exact) mass is 559 g/mol. The summed E-state index contributed by atoms with van der Waals surface area (Å²) in [4.78, 5) is 22.6. The Hall–Kier alpha value is -3.52. The number of anilines is 1. The van der Waals surface area contributed by atoms with Crippen LogP contribution in [0.25, 0.3) is 23.4 Å². The minimum Gasteiger partial charge on any atom is -0.508 e. The van der Waals surface area contributed by atoms with Gasteiger partial charge >= 0.3 is 0 Å². The second kappa shape index (κ2) is 9.77. The van der Waals surface area contributed by atoms with Crippen LogP contribution in [0.2, 0.25) is 0 Å². The van der Waals surface area contributed by atoms with Crippen LogP contribution in [0, 0.1) is 3.57 Å². The van der Waals surface area contributed by atoms with Gasteiger partial charge in [-0.3, -0.25) is 4.79 Å². The lowest BCUT2D eigenvalue weighted by molar-refractivity contribution is -0.115. The van der Waals surface area contributed by atoms with Gasteiger partial charge in [-0.2, -0.15) is 0 Å². The third kappa shape index (κ3) is 5.02. The quantitative estimate of drug-likeness (QED) is 0.299. The van der Waals surface area contributed by atoms with E-state index < -0.39 is 0 Å². The minimum absolute atomic E-state index is 0.133. The number of carbonyl (C=O) groups excluding carboxylic acids is 1. The highest BCUT2D eigenvalue weighted by Crippen LogP contribution is 2.35. The van der Waals surface area contributed by atoms with Crippen molar-refractivity contribution in [1.29, 1.82) is 0 Å². The average molecular weight is 559 g/mol. The number of rotatable bonds is 5. The molecule has 0 bridgehead atoms.